The van der Waals surface area contributed by atoms with Gasteiger partial charge in [-0.1, -0.05) is 6.92 Å². The molecule has 0 aliphatic rings. The van der Waals surface area contributed by atoms with E-state index in [1.54, 1.807) is 23.6 Å². The van der Waals surface area contributed by atoms with Gasteiger partial charge in [0, 0.05) is 23.3 Å². The summed E-state index contributed by atoms with van der Waals surface area (Å²) in [5.41, 5.74) is 2.65. The molecule has 2 heterocycles. The van der Waals surface area contributed by atoms with E-state index in [0.717, 1.165) is 18.7 Å². The zero-order valence-electron chi connectivity index (χ0n) is 11.8. The molecule has 5 heteroatoms. The Morgan fingerprint density at radius 3 is 2.95 bits per heavy atom. The summed E-state index contributed by atoms with van der Waals surface area (Å²) in [6, 6.07) is 5.74. The van der Waals surface area contributed by atoms with Crippen molar-refractivity contribution in [3.63, 3.8) is 0 Å². The molecule has 0 atom stereocenters. The van der Waals surface area contributed by atoms with Crippen molar-refractivity contribution in [2.24, 2.45) is 0 Å². The number of aromatic nitrogens is 1. The van der Waals surface area contributed by atoms with Crippen LogP contribution in [0.15, 0.2) is 29.8 Å². The SMILES string of the molecule is CCNc1ccnc(C(=O)NCc2sccc2CC)c1. The predicted molar refractivity (Wildman–Crippen MR) is 83.3 cm³/mol. The van der Waals surface area contributed by atoms with Crippen molar-refractivity contribution in [2.75, 3.05) is 11.9 Å². The molecule has 2 aromatic heterocycles. The monoisotopic (exact) mass is 289 g/mol. The highest BCUT2D eigenvalue weighted by atomic mass is 32.1. The fourth-order valence-electron chi connectivity index (χ4n) is 1.96. The van der Waals surface area contributed by atoms with Crippen LogP contribution in [0.3, 0.4) is 0 Å². The van der Waals surface area contributed by atoms with Gasteiger partial charge >= 0.3 is 0 Å². The van der Waals surface area contributed by atoms with Gasteiger partial charge in [-0.25, -0.2) is 0 Å². The molecular weight excluding hydrogens is 270 g/mol. The highest BCUT2D eigenvalue weighted by molar-refractivity contribution is 7.10. The van der Waals surface area contributed by atoms with Crippen LogP contribution in [0.4, 0.5) is 5.69 Å². The molecule has 106 valence electrons. The van der Waals surface area contributed by atoms with E-state index in [2.05, 4.69) is 34.0 Å². The van der Waals surface area contributed by atoms with E-state index in [9.17, 15) is 4.79 Å². The van der Waals surface area contributed by atoms with E-state index in [0.29, 0.717) is 12.2 Å². The summed E-state index contributed by atoms with van der Waals surface area (Å²) < 4.78 is 0. The molecule has 0 saturated heterocycles. The Hall–Kier alpha value is -1.88. The van der Waals surface area contributed by atoms with Crippen molar-refractivity contribution in [2.45, 2.75) is 26.8 Å². The van der Waals surface area contributed by atoms with Gasteiger partial charge in [-0.2, -0.15) is 0 Å². The molecule has 0 unspecified atom stereocenters. The second kappa shape index (κ2) is 7.05. The number of thiophene rings is 1. The van der Waals surface area contributed by atoms with Crippen LogP contribution < -0.4 is 10.6 Å². The van der Waals surface area contributed by atoms with Crippen molar-refractivity contribution in [1.29, 1.82) is 0 Å². The van der Waals surface area contributed by atoms with Crippen LogP contribution in [0.2, 0.25) is 0 Å². The smallest absolute Gasteiger partial charge is 0.270 e. The Kier molecular flexibility index (Phi) is 5.12. The number of nitrogens with zero attached hydrogens (tertiary/aromatic N) is 1. The molecule has 0 aliphatic heterocycles. The third kappa shape index (κ3) is 3.57. The van der Waals surface area contributed by atoms with Gasteiger partial charge in [0.1, 0.15) is 5.69 Å². The first-order valence-electron chi connectivity index (χ1n) is 6.78. The maximum Gasteiger partial charge on any atom is 0.270 e. The van der Waals surface area contributed by atoms with Crippen molar-refractivity contribution < 1.29 is 4.79 Å². The fraction of sp³-hybridized carbons (Fsp3) is 0.333. The lowest BCUT2D eigenvalue weighted by molar-refractivity contribution is 0.0946. The van der Waals surface area contributed by atoms with Gasteiger partial charge in [0.25, 0.3) is 5.91 Å². The molecule has 0 saturated carbocycles. The van der Waals surface area contributed by atoms with Crippen LogP contribution >= 0.6 is 11.3 Å². The van der Waals surface area contributed by atoms with Crippen molar-refractivity contribution in [3.05, 3.63) is 45.9 Å². The Labute approximate surface area is 123 Å². The molecule has 2 N–H and O–H groups in total. The number of nitrogens with one attached hydrogen (secondary N) is 2. The molecule has 2 rings (SSSR count). The minimum Gasteiger partial charge on any atom is -0.385 e. The Morgan fingerprint density at radius 2 is 2.20 bits per heavy atom. The summed E-state index contributed by atoms with van der Waals surface area (Å²) in [6.45, 7) is 5.52. The molecule has 20 heavy (non-hydrogen) atoms. The zero-order valence-corrected chi connectivity index (χ0v) is 12.6. The third-order valence-corrected chi connectivity index (χ3v) is 3.96. The summed E-state index contributed by atoms with van der Waals surface area (Å²) in [6.07, 6.45) is 2.64. The van der Waals surface area contributed by atoms with Gasteiger partial charge in [-0.05, 0) is 42.5 Å². The summed E-state index contributed by atoms with van der Waals surface area (Å²) in [4.78, 5) is 17.4. The van der Waals surface area contributed by atoms with Crippen molar-refractivity contribution in [1.82, 2.24) is 10.3 Å². The largest absolute Gasteiger partial charge is 0.385 e. The molecule has 4 nitrogen and oxygen atoms in total. The van der Waals surface area contributed by atoms with E-state index in [4.69, 9.17) is 0 Å². The molecule has 0 aromatic carbocycles. The molecule has 0 spiro atoms. The van der Waals surface area contributed by atoms with E-state index < -0.39 is 0 Å². The summed E-state index contributed by atoms with van der Waals surface area (Å²) in [7, 11) is 0. The molecule has 2 aromatic rings. The van der Waals surface area contributed by atoms with Crippen LogP contribution in [-0.4, -0.2) is 17.4 Å². The standard InChI is InChI=1S/C15H19N3OS/c1-3-11-6-8-20-14(11)10-18-15(19)13-9-12(16-4-2)5-7-17-13/h5-9H,3-4,10H2,1-2H3,(H,16,17)(H,18,19). The summed E-state index contributed by atoms with van der Waals surface area (Å²) >= 11 is 1.68. The summed E-state index contributed by atoms with van der Waals surface area (Å²) in [5.74, 6) is -0.139. The second-order valence-electron chi connectivity index (χ2n) is 4.37. The number of anilines is 1. The number of amides is 1. The first-order chi connectivity index (χ1) is 9.74. The lowest BCUT2D eigenvalue weighted by Crippen LogP contribution is -2.23. The topological polar surface area (TPSA) is 54.0 Å². The van der Waals surface area contributed by atoms with Crippen LogP contribution in [-0.2, 0) is 13.0 Å². The second-order valence-corrected chi connectivity index (χ2v) is 5.37. The first-order valence-corrected chi connectivity index (χ1v) is 7.66. The van der Waals surface area contributed by atoms with Gasteiger partial charge in [0.15, 0.2) is 0 Å². The molecule has 1 amide bonds. The third-order valence-electron chi connectivity index (χ3n) is 3.00. The normalized spacial score (nSPS) is 10.3. The number of hydrogen-bond acceptors (Lipinski definition) is 4. The van der Waals surface area contributed by atoms with E-state index >= 15 is 0 Å². The number of carbonyl (C=O) groups excluding carboxylic acids is 1. The maximum atomic E-state index is 12.1. The van der Waals surface area contributed by atoms with Gasteiger partial charge in [-0.15, -0.1) is 11.3 Å². The number of rotatable bonds is 6. The van der Waals surface area contributed by atoms with Crippen molar-refractivity contribution in [3.8, 4) is 0 Å². The number of carbonyl (C=O) groups is 1. The fourth-order valence-corrected chi connectivity index (χ4v) is 2.87. The van der Waals surface area contributed by atoms with E-state index in [-0.39, 0.29) is 5.91 Å². The van der Waals surface area contributed by atoms with Crippen LogP contribution in [0.1, 0.15) is 34.8 Å². The highest BCUT2D eigenvalue weighted by Gasteiger charge is 2.09. The number of aryl methyl sites for hydroxylation is 1. The molecule has 0 aliphatic carbocycles. The minimum atomic E-state index is -0.139. The van der Waals surface area contributed by atoms with Crippen LogP contribution in [0, 0.1) is 0 Å². The average molecular weight is 289 g/mol. The molecular formula is C15H19N3OS. The Bertz CT molecular complexity index is 580. The number of hydrogen-bond donors (Lipinski definition) is 2. The van der Waals surface area contributed by atoms with E-state index in [1.807, 2.05) is 13.0 Å². The van der Waals surface area contributed by atoms with Crippen LogP contribution in [0.25, 0.3) is 0 Å². The minimum absolute atomic E-state index is 0.139. The van der Waals surface area contributed by atoms with Crippen LogP contribution in [0.5, 0.6) is 0 Å². The van der Waals surface area contributed by atoms with Gasteiger partial charge in [0.05, 0.1) is 6.54 Å². The maximum absolute atomic E-state index is 12.1. The Balaban J connectivity index is 1.99. The Morgan fingerprint density at radius 1 is 1.35 bits per heavy atom. The predicted octanol–water partition coefficient (Wildman–Crippen LogP) is 3.07. The van der Waals surface area contributed by atoms with Crippen molar-refractivity contribution >= 4 is 22.9 Å². The molecule has 0 radical (unpaired) electrons. The average Bonchev–Trinajstić information content (AvgIpc) is 2.93. The lowest BCUT2D eigenvalue weighted by Gasteiger charge is -2.07. The number of pyridine rings is 1. The molecule has 0 bridgehead atoms. The van der Waals surface area contributed by atoms with Gasteiger partial charge < -0.3 is 10.6 Å². The van der Waals surface area contributed by atoms with Gasteiger partial charge in [0.2, 0.25) is 0 Å². The highest BCUT2D eigenvalue weighted by Crippen LogP contribution is 2.17. The lowest BCUT2D eigenvalue weighted by atomic mass is 10.2. The molecule has 0 fully saturated rings. The zero-order chi connectivity index (χ0) is 14.4. The summed E-state index contributed by atoms with van der Waals surface area (Å²) in [5, 5.41) is 8.16. The van der Waals surface area contributed by atoms with Gasteiger partial charge in [-0.3, -0.25) is 9.78 Å². The first kappa shape index (κ1) is 14.5. The van der Waals surface area contributed by atoms with E-state index in [1.165, 1.54) is 10.4 Å². The quantitative estimate of drug-likeness (QED) is 0.859.